The lowest BCUT2D eigenvalue weighted by molar-refractivity contribution is 0.919. The number of nitrogens with one attached hydrogen (secondary N) is 1. The molecule has 1 N–H and O–H groups in total. The molecule has 3 nitrogen and oxygen atoms in total. The van der Waals surface area contributed by atoms with Crippen molar-refractivity contribution in [2.75, 3.05) is 12.4 Å². The summed E-state index contributed by atoms with van der Waals surface area (Å²) in [7, 11) is 1.93. The van der Waals surface area contributed by atoms with Crippen molar-refractivity contribution >= 4 is 27.6 Å². The van der Waals surface area contributed by atoms with E-state index in [1.54, 1.807) is 0 Å². The number of hydrogen-bond acceptors (Lipinski definition) is 3. The van der Waals surface area contributed by atoms with Crippen LogP contribution in [0.4, 0.5) is 5.82 Å². The summed E-state index contributed by atoms with van der Waals surface area (Å²) in [5, 5.41) is 5.52. The van der Waals surface area contributed by atoms with Crippen molar-refractivity contribution in [3.05, 3.63) is 41.6 Å². The molecule has 1 aromatic carbocycles. The van der Waals surface area contributed by atoms with Gasteiger partial charge in [-0.15, -0.1) is 0 Å². The summed E-state index contributed by atoms with van der Waals surface area (Å²) >= 11 is 0. The summed E-state index contributed by atoms with van der Waals surface area (Å²) in [6.07, 6.45) is 2.16. The molecule has 0 saturated carbocycles. The van der Waals surface area contributed by atoms with Gasteiger partial charge in [-0.2, -0.15) is 0 Å². The van der Waals surface area contributed by atoms with Gasteiger partial charge in [-0.05, 0) is 31.0 Å². The Labute approximate surface area is 119 Å². The molecule has 2 aromatic heterocycles. The first-order valence-corrected chi connectivity index (χ1v) is 7.10. The molecule has 3 aromatic rings. The summed E-state index contributed by atoms with van der Waals surface area (Å²) in [6, 6.07) is 10.7. The van der Waals surface area contributed by atoms with Crippen LogP contribution in [-0.4, -0.2) is 17.0 Å². The van der Waals surface area contributed by atoms with Crippen molar-refractivity contribution in [3.63, 3.8) is 0 Å². The Bertz CT molecular complexity index is 778. The molecule has 0 aliphatic rings. The maximum atomic E-state index is 4.81. The van der Waals surface area contributed by atoms with Crippen molar-refractivity contribution in [2.45, 2.75) is 26.7 Å². The Morgan fingerprint density at radius 3 is 2.45 bits per heavy atom. The van der Waals surface area contributed by atoms with Gasteiger partial charge in [0, 0.05) is 23.5 Å². The van der Waals surface area contributed by atoms with E-state index in [1.165, 1.54) is 5.56 Å². The van der Waals surface area contributed by atoms with Gasteiger partial charge in [0.1, 0.15) is 5.82 Å². The second-order valence-corrected chi connectivity index (χ2v) is 5.16. The first-order chi connectivity index (χ1) is 9.72. The molecule has 0 fully saturated rings. The van der Waals surface area contributed by atoms with Gasteiger partial charge in [-0.25, -0.2) is 4.98 Å². The van der Waals surface area contributed by atoms with Crippen LogP contribution in [0, 0.1) is 6.92 Å². The summed E-state index contributed by atoms with van der Waals surface area (Å²) in [4.78, 5) is 9.47. The maximum Gasteiger partial charge on any atom is 0.129 e. The lowest BCUT2D eigenvalue weighted by Crippen LogP contribution is -2.00. The number of fused-ring (bicyclic) bond motifs is 3. The Morgan fingerprint density at radius 1 is 1.00 bits per heavy atom. The van der Waals surface area contributed by atoms with Crippen LogP contribution >= 0.6 is 0 Å². The molecular formula is C17H19N3. The second-order valence-electron chi connectivity index (χ2n) is 5.16. The van der Waals surface area contributed by atoms with Crippen LogP contribution in [0.5, 0.6) is 0 Å². The molecule has 20 heavy (non-hydrogen) atoms. The van der Waals surface area contributed by atoms with Gasteiger partial charge in [0.25, 0.3) is 0 Å². The first kappa shape index (κ1) is 12.9. The van der Waals surface area contributed by atoms with Crippen molar-refractivity contribution in [1.82, 2.24) is 9.97 Å². The third kappa shape index (κ3) is 2.09. The van der Waals surface area contributed by atoms with Crippen molar-refractivity contribution < 1.29 is 0 Å². The van der Waals surface area contributed by atoms with Crippen LogP contribution in [0.25, 0.3) is 21.8 Å². The normalized spacial score (nSPS) is 11.2. The van der Waals surface area contributed by atoms with E-state index in [1.807, 2.05) is 20.0 Å². The molecule has 0 amide bonds. The van der Waals surface area contributed by atoms with E-state index in [4.69, 9.17) is 4.98 Å². The van der Waals surface area contributed by atoms with Crippen LogP contribution in [0.15, 0.2) is 30.3 Å². The number of rotatable bonds is 3. The number of pyridine rings is 2. The average Bonchev–Trinajstić information content (AvgIpc) is 2.46. The second kappa shape index (κ2) is 5.08. The fourth-order valence-corrected chi connectivity index (χ4v) is 2.64. The van der Waals surface area contributed by atoms with E-state index in [0.717, 1.165) is 46.2 Å². The molecular weight excluding hydrogens is 246 g/mol. The van der Waals surface area contributed by atoms with Gasteiger partial charge in [-0.1, -0.05) is 31.5 Å². The van der Waals surface area contributed by atoms with Gasteiger partial charge >= 0.3 is 0 Å². The van der Waals surface area contributed by atoms with Gasteiger partial charge in [0.05, 0.1) is 11.0 Å². The lowest BCUT2D eigenvalue weighted by Gasteiger charge is -2.11. The molecule has 0 spiro atoms. The molecule has 2 heterocycles. The van der Waals surface area contributed by atoms with E-state index >= 15 is 0 Å². The van der Waals surface area contributed by atoms with Gasteiger partial charge in [0.15, 0.2) is 0 Å². The largest absolute Gasteiger partial charge is 0.373 e. The highest BCUT2D eigenvalue weighted by molar-refractivity contribution is 6.03. The molecule has 3 rings (SSSR count). The highest BCUT2D eigenvalue weighted by atomic mass is 15.0. The molecule has 0 aliphatic heterocycles. The average molecular weight is 265 g/mol. The molecule has 0 bridgehead atoms. The van der Waals surface area contributed by atoms with Crippen LogP contribution in [0.3, 0.4) is 0 Å². The molecule has 3 heteroatoms. The van der Waals surface area contributed by atoms with E-state index < -0.39 is 0 Å². The zero-order valence-corrected chi connectivity index (χ0v) is 12.2. The van der Waals surface area contributed by atoms with Crippen molar-refractivity contribution in [3.8, 4) is 0 Å². The van der Waals surface area contributed by atoms with E-state index in [2.05, 4.69) is 41.5 Å². The summed E-state index contributed by atoms with van der Waals surface area (Å²) in [5.41, 5.74) is 4.27. The predicted octanol–water partition coefficient (Wildman–Crippen LogP) is 4.09. The summed E-state index contributed by atoms with van der Waals surface area (Å²) in [5.74, 6) is 0.968. The van der Waals surface area contributed by atoms with E-state index in [-0.39, 0.29) is 0 Å². The fraction of sp³-hybridized carbons (Fsp3) is 0.294. The summed E-state index contributed by atoms with van der Waals surface area (Å²) < 4.78 is 0. The molecule has 0 saturated heterocycles. The number of aromatic nitrogens is 2. The van der Waals surface area contributed by atoms with Crippen LogP contribution in [-0.2, 0) is 6.42 Å². The van der Waals surface area contributed by atoms with E-state index in [9.17, 15) is 0 Å². The standard InChI is InChI=1S/C17H19N3/c1-4-5-14-10-13-9-8-12-7-6-11(2)19-15(12)16(13)20-17(14)18-3/h6-10H,4-5H2,1-3H3,(H,18,20). The van der Waals surface area contributed by atoms with Crippen LogP contribution < -0.4 is 5.32 Å². The molecule has 0 atom stereocenters. The number of anilines is 1. The van der Waals surface area contributed by atoms with Gasteiger partial charge < -0.3 is 5.32 Å². The molecule has 0 unspecified atom stereocenters. The molecule has 0 radical (unpaired) electrons. The summed E-state index contributed by atoms with van der Waals surface area (Å²) in [6.45, 7) is 4.21. The number of benzene rings is 1. The van der Waals surface area contributed by atoms with Gasteiger partial charge in [0.2, 0.25) is 0 Å². The smallest absolute Gasteiger partial charge is 0.129 e. The minimum atomic E-state index is 0.968. The monoisotopic (exact) mass is 265 g/mol. The Hall–Kier alpha value is -2.16. The number of aryl methyl sites for hydroxylation is 2. The van der Waals surface area contributed by atoms with E-state index in [0.29, 0.717) is 0 Å². The fourth-order valence-electron chi connectivity index (χ4n) is 2.64. The lowest BCUT2D eigenvalue weighted by atomic mass is 10.1. The predicted molar refractivity (Wildman–Crippen MR) is 85.3 cm³/mol. The Morgan fingerprint density at radius 2 is 1.70 bits per heavy atom. The quantitative estimate of drug-likeness (QED) is 0.725. The third-order valence-electron chi connectivity index (χ3n) is 3.62. The SMILES string of the molecule is CCCc1cc2ccc3ccc(C)nc3c2nc1NC. The first-order valence-electron chi connectivity index (χ1n) is 7.10. The Kier molecular flexibility index (Phi) is 3.26. The zero-order valence-electron chi connectivity index (χ0n) is 12.2. The molecule has 102 valence electrons. The van der Waals surface area contributed by atoms with Gasteiger partial charge in [-0.3, -0.25) is 4.98 Å². The highest BCUT2D eigenvalue weighted by Crippen LogP contribution is 2.27. The molecule has 0 aliphatic carbocycles. The topological polar surface area (TPSA) is 37.8 Å². The third-order valence-corrected chi connectivity index (χ3v) is 3.62. The minimum absolute atomic E-state index is 0.968. The minimum Gasteiger partial charge on any atom is -0.373 e. The maximum absolute atomic E-state index is 4.81. The Balaban J connectivity index is 2.35. The highest BCUT2D eigenvalue weighted by Gasteiger charge is 2.09. The zero-order chi connectivity index (χ0) is 14.1. The van der Waals surface area contributed by atoms with Crippen molar-refractivity contribution in [2.24, 2.45) is 0 Å². The van der Waals surface area contributed by atoms with Crippen LogP contribution in [0.1, 0.15) is 24.6 Å². The number of hydrogen-bond donors (Lipinski definition) is 1. The van der Waals surface area contributed by atoms with Crippen molar-refractivity contribution in [1.29, 1.82) is 0 Å². The van der Waals surface area contributed by atoms with Crippen LogP contribution in [0.2, 0.25) is 0 Å². The number of nitrogens with zero attached hydrogens (tertiary/aromatic N) is 2.